The van der Waals surface area contributed by atoms with Crippen molar-refractivity contribution in [3.63, 3.8) is 0 Å². The highest BCUT2D eigenvalue weighted by molar-refractivity contribution is 7.99. The van der Waals surface area contributed by atoms with Crippen LogP contribution in [0.15, 0.2) is 35.2 Å². The van der Waals surface area contributed by atoms with E-state index < -0.39 is 0 Å². The second-order valence-corrected chi connectivity index (χ2v) is 5.61. The van der Waals surface area contributed by atoms with E-state index >= 15 is 0 Å². The fourth-order valence-corrected chi connectivity index (χ4v) is 2.89. The molecule has 1 unspecified atom stereocenters. The van der Waals surface area contributed by atoms with Crippen molar-refractivity contribution in [2.75, 3.05) is 5.75 Å². The van der Waals surface area contributed by atoms with E-state index in [1.54, 1.807) is 0 Å². The maximum absolute atomic E-state index is 2.36. The van der Waals surface area contributed by atoms with Crippen molar-refractivity contribution in [2.45, 2.75) is 25.2 Å². The molecule has 0 spiro atoms. The molecule has 1 heteroatoms. The highest BCUT2D eigenvalue weighted by atomic mass is 32.2. The summed E-state index contributed by atoms with van der Waals surface area (Å²) in [5, 5.41) is 0. The van der Waals surface area contributed by atoms with Crippen LogP contribution < -0.4 is 0 Å². The summed E-state index contributed by atoms with van der Waals surface area (Å²) in [5.41, 5.74) is 0.627. The minimum Gasteiger partial charge on any atom is -0.126 e. The summed E-state index contributed by atoms with van der Waals surface area (Å²) in [7, 11) is 0. The lowest BCUT2D eigenvalue weighted by molar-refractivity contribution is 0.590. The molecule has 1 fully saturated rings. The number of rotatable bonds is 3. The standard InChI is InChI=1S/C12H16S/c1-12(2)8-10(12)9-13-11-6-4-3-5-7-11/h3-7,10H,8-9H2,1-2H3. The summed E-state index contributed by atoms with van der Waals surface area (Å²) in [6.07, 6.45) is 1.41. The van der Waals surface area contributed by atoms with Crippen molar-refractivity contribution in [3.8, 4) is 0 Å². The fraction of sp³-hybridized carbons (Fsp3) is 0.500. The Hall–Kier alpha value is -0.430. The van der Waals surface area contributed by atoms with Gasteiger partial charge in [-0.05, 0) is 29.9 Å². The van der Waals surface area contributed by atoms with Crippen molar-refractivity contribution in [3.05, 3.63) is 30.3 Å². The normalized spacial score (nSPS) is 24.3. The Bertz CT molecular complexity index is 276. The van der Waals surface area contributed by atoms with Crippen LogP contribution in [0.4, 0.5) is 0 Å². The van der Waals surface area contributed by atoms with Gasteiger partial charge in [0.15, 0.2) is 0 Å². The van der Waals surface area contributed by atoms with Gasteiger partial charge in [0.2, 0.25) is 0 Å². The first-order valence-corrected chi connectivity index (χ1v) is 5.85. The van der Waals surface area contributed by atoms with Crippen LogP contribution in [0.3, 0.4) is 0 Å². The van der Waals surface area contributed by atoms with Gasteiger partial charge < -0.3 is 0 Å². The van der Waals surface area contributed by atoms with E-state index in [9.17, 15) is 0 Å². The fourth-order valence-electron chi connectivity index (χ4n) is 1.57. The molecule has 0 aromatic heterocycles. The summed E-state index contributed by atoms with van der Waals surface area (Å²) in [4.78, 5) is 1.41. The van der Waals surface area contributed by atoms with Crippen LogP contribution in [0.5, 0.6) is 0 Å². The molecule has 1 aliphatic carbocycles. The predicted octanol–water partition coefficient (Wildman–Crippen LogP) is 3.82. The maximum atomic E-state index is 2.36. The van der Waals surface area contributed by atoms with Gasteiger partial charge in [-0.2, -0.15) is 0 Å². The third kappa shape index (κ3) is 2.28. The molecule has 13 heavy (non-hydrogen) atoms. The largest absolute Gasteiger partial charge is 0.126 e. The van der Waals surface area contributed by atoms with Crippen molar-refractivity contribution >= 4 is 11.8 Å². The molecule has 1 saturated carbocycles. The second kappa shape index (κ2) is 3.38. The van der Waals surface area contributed by atoms with Crippen LogP contribution in [0.1, 0.15) is 20.3 Å². The molecule has 0 saturated heterocycles. The molecular formula is C12H16S. The van der Waals surface area contributed by atoms with E-state index in [4.69, 9.17) is 0 Å². The monoisotopic (exact) mass is 192 g/mol. The number of hydrogen-bond donors (Lipinski definition) is 0. The van der Waals surface area contributed by atoms with E-state index in [0.29, 0.717) is 5.41 Å². The first-order chi connectivity index (χ1) is 6.18. The molecule has 0 radical (unpaired) electrons. The number of thioether (sulfide) groups is 1. The van der Waals surface area contributed by atoms with E-state index in [2.05, 4.69) is 44.2 Å². The Morgan fingerprint density at radius 3 is 2.46 bits per heavy atom. The molecule has 1 aromatic rings. The van der Waals surface area contributed by atoms with Crippen molar-refractivity contribution < 1.29 is 0 Å². The third-order valence-corrected chi connectivity index (χ3v) is 4.09. The molecule has 0 aliphatic heterocycles. The molecular weight excluding hydrogens is 176 g/mol. The smallest absolute Gasteiger partial charge is 0.00720 e. The molecule has 2 rings (SSSR count). The SMILES string of the molecule is CC1(C)CC1CSc1ccccc1. The van der Waals surface area contributed by atoms with E-state index in [1.165, 1.54) is 17.1 Å². The first-order valence-electron chi connectivity index (χ1n) is 4.86. The van der Waals surface area contributed by atoms with Gasteiger partial charge in [0.05, 0.1) is 0 Å². The predicted molar refractivity (Wildman–Crippen MR) is 59.1 cm³/mol. The van der Waals surface area contributed by atoms with Crippen molar-refractivity contribution in [1.82, 2.24) is 0 Å². The lowest BCUT2D eigenvalue weighted by Crippen LogP contribution is -1.92. The zero-order chi connectivity index (χ0) is 9.31. The maximum Gasteiger partial charge on any atom is 0.00720 e. The van der Waals surface area contributed by atoms with E-state index in [1.807, 2.05) is 11.8 Å². The van der Waals surface area contributed by atoms with Crippen LogP contribution in [0.2, 0.25) is 0 Å². The van der Waals surface area contributed by atoms with Crippen molar-refractivity contribution in [2.24, 2.45) is 11.3 Å². The molecule has 1 atom stereocenters. The highest BCUT2D eigenvalue weighted by Crippen LogP contribution is 2.53. The molecule has 0 N–H and O–H groups in total. The third-order valence-electron chi connectivity index (χ3n) is 2.91. The van der Waals surface area contributed by atoms with Gasteiger partial charge in [-0.25, -0.2) is 0 Å². The number of hydrogen-bond acceptors (Lipinski definition) is 1. The Morgan fingerprint density at radius 1 is 1.31 bits per heavy atom. The van der Waals surface area contributed by atoms with Crippen LogP contribution in [-0.4, -0.2) is 5.75 Å². The van der Waals surface area contributed by atoms with Crippen LogP contribution >= 0.6 is 11.8 Å². The van der Waals surface area contributed by atoms with Gasteiger partial charge >= 0.3 is 0 Å². The van der Waals surface area contributed by atoms with E-state index in [0.717, 1.165) is 5.92 Å². The lowest BCUT2D eigenvalue weighted by atomic mass is 10.1. The molecule has 1 aromatic carbocycles. The molecule has 1 aliphatic rings. The zero-order valence-electron chi connectivity index (χ0n) is 8.29. The topological polar surface area (TPSA) is 0 Å². The van der Waals surface area contributed by atoms with Gasteiger partial charge in [-0.1, -0.05) is 32.0 Å². The minimum atomic E-state index is 0.627. The highest BCUT2D eigenvalue weighted by Gasteiger charge is 2.44. The van der Waals surface area contributed by atoms with Gasteiger partial charge in [-0.15, -0.1) is 11.8 Å². The van der Waals surface area contributed by atoms with Gasteiger partial charge in [0.25, 0.3) is 0 Å². The zero-order valence-corrected chi connectivity index (χ0v) is 9.10. The summed E-state index contributed by atoms with van der Waals surface area (Å²) in [6, 6.07) is 10.7. The van der Waals surface area contributed by atoms with E-state index in [-0.39, 0.29) is 0 Å². The van der Waals surface area contributed by atoms with Crippen molar-refractivity contribution in [1.29, 1.82) is 0 Å². The summed E-state index contributed by atoms with van der Waals surface area (Å²) in [5.74, 6) is 2.23. The van der Waals surface area contributed by atoms with Crippen LogP contribution in [0, 0.1) is 11.3 Å². The summed E-state index contributed by atoms with van der Waals surface area (Å²) < 4.78 is 0. The quantitative estimate of drug-likeness (QED) is 0.656. The Kier molecular flexibility index (Phi) is 2.37. The average Bonchev–Trinajstić information content (AvgIpc) is 2.73. The molecule has 0 bridgehead atoms. The summed E-state index contributed by atoms with van der Waals surface area (Å²) >= 11 is 1.99. The van der Waals surface area contributed by atoms with Crippen LogP contribution in [0.25, 0.3) is 0 Å². The second-order valence-electron chi connectivity index (χ2n) is 4.51. The average molecular weight is 192 g/mol. The molecule has 0 nitrogen and oxygen atoms in total. The van der Waals surface area contributed by atoms with Crippen LogP contribution in [-0.2, 0) is 0 Å². The van der Waals surface area contributed by atoms with Gasteiger partial charge in [0.1, 0.15) is 0 Å². The first kappa shape index (κ1) is 9.14. The Labute approximate surface area is 84.7 Å². The van der Waals surface area contributed by atoms with Gasteiger partial charge in [0, 0.05) is 10.6 Å². The molecule has 0 heterocycles. The lowest BCUT2D eigenvalue weighted by Gasteiger charge is -2.02. The summed E-state index contributed by atoms with van der Waals surface area (Å²) in [6.45, 7) is 4.73. The number of benzene rings is 1. The molecule has 70 valence electrons. The Balaban J connectivity index is 1.82. The van der Waals surface area contributed by atoms with Gasteiger partial charge in [-0.3, -0.25) is 0 Å². The Morgan fingerprint density at radius 2 is 1.92 bits per heavy atom. The minimum absolute atomic E-state index is 0.627. The molecule has 0 amide bonds.